The van der Waals surface area contributed by atoms with E-state index in [0.717, 1.165) is 64.2 Å². The number of nitrogens with one attached hydrogen (secondary N) is 1. The van der Waals surface area contributed by atoms with Crippen LogP contribution in [0.3, 0.4) is 0 Å². The van der Waals surface area contributed by atoms with E-state index in [1.165, 1.54) is 70.3 Å². The van der Waals surface area contributed by atoms with E-state index < -0.39 is 28.0 Å². The zero-order valence-electron chi connectivity index (χ0n) is 30.6. The van der Waals surface area contributed by atoms with Gasteiger partial charge in [-0.2, -0.15) is 8.42 Å². The number of hydrogen-bond donors (Lipinski definition) is 3. The van der Waals surface area contributed by atoms with Gasteiger partial charge in [0.05, 0.1) is 17.9 Å². The quantitative estimate of drug-likeness (QED) is 0.0361. The predicted octanol–water partition coefficient (Wildman–Crippen LogP) is 11.1. The monoisotopic (exact) mass is 690 g/mol. The zero-order valence-corrected chi connectivity index (χ0v) is 31.4. The third-order valence-electron chi connectivity index (χ3n) is 8.12. The molecule has 0 rings (SSSR count). The summed E-state index contributed by atoms with van der Waals surface area (Å²) >= 11 is 0. The molecule has 2 unspecified atom stereocenters. The maximum absolute atomic E-state index is 12.5. The topological polar surface area (TPSA) is 104 Å². The van der Waals surface area contributed by atoms with E-state index in [1.807, 2.05) is 0 Å². The molecule has 0 aliphatic heterocycles. The molecule has 0 radical (unpaired) electrons. The van der Waals surface area contributed by atoms with Gasteiger partial charge in [-0.1, -0.05) is 157 Å². The molecule has 0 spiro atoms. The highest BCUT2D eigenvalue weighted by Crippen LogP contribution is 2.12. The Morgan fingerprint density at radius 1 is 0.583 bits per heavy atom. The number of unbranched alkanes of at least 4 members (excludes halogenated alkanes) is 15. The molecule has 1 amide bonds. The fourth-order valence-electron chi connectivity index (χ4n) is 5.28. The van der Waals surface area contributed by atoms with Crippen molar-refractivity contribution < 1.29 is 22.9 Å². The summed E-state index contributed by atoms with van der Waals surface area (Å²) in [5, 5.41) is 13.2. The van der Waals surface area contributed by atoms with Crippen LogP contribution in [0.25, 0.3) is 0 Å². The SMILES string of the molecule is CC/C=C\C/C=C\C/C=C\C/C=C\CCCCCCC(=O)NC(CS(=O)(=O)O)C(O)/C=C/CC/C=C/CCCCCCCCCCCC. The summed E-state index contributed by atoms with van der Waals surface area (Å²) in [7, 11) is -4.36. The molecule has 0 bridgehead atoms. The van der Waals surface area contributed by atoms with Crippen LogP contribution < -0.4 is 5.32 Å². The average Bonchev–Trinajstić information content (AvgIpc) is 3.05. The Hall–Kier alpha value is -2.22. The summed E-state index contributed by atoms with van der Waals surface area (Å²) in [5.74, 6) is -1.04. The first-order chi connectivity index (χ1) is 23.3. The van der Waals surface area contributed by atoms with Crippen molar-refractivity contribution in [2.45, 2.75) is 174 Å². The minimum Gasteiger partial charge on any atom is -0.387 e. The number of aliphatic hydroxyl groups is 1. The summed E-state index contributed by atoms with van der Waals surface area (Å²) in [6, 6.07) is -1.09. The van der Waals surface area contributed by atoms with E-state index in [2.05, 4.69) is 79.9 Å². The fourth-order valence-corrected chi connectivity index (χ4v) is 6.01. The molecular formula is C41H71NO5S. The summed E-state index contributed by atoms with van der Waals surface area (Å²) in [6.45, 7) is 4.39. The second kappa shape index (κ2) is 34.6. The zero-order chi connectivity index (χ0) is 35.4. The van der Waals surface area contributed by atoms with Crippen LogP contribution in [-0.4, -0.2) is 41.9 Å². The lowest BCUT2D eigenvalue weighted by Gasteiger charge is -2.21. The molecule has 0 heterocycles. The molecule has 48 heavy (non-hydrogen) atoms. The highest BCUT2D eigenvalue weighted by Gasteiger charge is 2.24. The van der Waals surface area contributed by atoms with Crippen LogP contribution in [0.1, 0.15) is 162 Å². The summed E-state index contributed by atoms with van der Waals surface area (Å²) < 4.78 is 32.4. The van der Waals surface area contributed by atoms with Crippen LogP contribution in [-0.2, 0) is 14.9 Å². The van der Waals surface area contributed by atoms with Gasteiger partial charge in [0.1, 0.15) is 0 Å². The number of carbonyl (C=O) groups excluding carboxylic acids is 1. The first kappa shape index (κ1) is 45.8. The van der Waals surface area contributed by atoms with Crippen molar-refractivity contribution >= 4 is 16.0 Å². The molecule has 0 aromatic carbocycles. The highest BCUT2D eigenvalue weighted by atomic mass is 32.2. The van der Waals surface area contributed by atoms with Crippen LogP contribution in [0.2, 0.25) is 0 Å². The largest absolute Gasteiger partial charge is 0.387 e. The molecule has 0 aliphatic rings. The fraction of sp³-hybridized carbons (Fsp3) is 0.683. The Kier molecular flexibility index (Phi) is 33.0. The van der Waals surface area contributed by atoms with E-state index in [4.69, 9.17) is 0 Å². The lowest BCUT2D eigenvalue weighted by Crippen LogP contribution is -2.46. The van der Waals surface area contributed by atoms with Gasteiger partial charge in [0, 0.05) is 6.42 Å². The molecule has 7 heteroatoms. The summed E-state index contributed by atoms with van der Waals surface area (Å²) in [5.41, 5.74) is 0. The molecule has 0 aliphatic carbocycles. The van der Waals surface area contributed by atoms with Crippen molar-refractivity contribution in [2.75, 3.05) is 5.75 Å². The third-order valence-corrected chi connectivity index (χ3v) is 8.90. The Balaban J connectivity index is 4.09. The van der Waals surface area contributed by atoms with E-state index in [9.17, 15) is 22.9 Å². The van der Waals surface area contributed by atoms with Crippen molar-refractivity contribution in [1.29, 1.82) is 0 Å². The van der Waals surface area contributed by atoms with Crippen molar-refractivity contribution in [3.63, 3.8) is 0 Å². The van der Waals surface area contributed by atoms with Crippen molar-refractivity contribution in [1.82, 2.24) is 5.32 Å². The van der Waals surface area contributed by atoms with Crippen molar-refractivity contribution in [2.24, 2.45) is 0 Å². The molecular weight excluding hydrogens is 619 g/mol. The molecule has 276 valence electrons. The van der Waals surface area contributed by atoms with E-state index in [-0.39, 0.29) is 12.3 Å². The minimum atomic E-state index is -4.36. The van der Waals surface area contributed by atoms with Crippen LogP contribution in [0.4, 0.5) is 0 Å². The third kappa shape index (κ3) is 35.1. The minimum absolute atomic E-state index is 0.256. The standard InChI is InChI=1S/C41H71NO5S/c1-3-5-7-9-11-13-15-17-19-21-23-25-27-29-31-33-35-37-41(44)42-39(38-48(45,46)47)40(43)36-34-32-30-28-26-24-22-20-18-16-14-12-10-8-6-4-2/h5,7,11,13,17,19,23,25-26,28,34,36,39-40,43H,3-4,6,8-10,12,14-16,18,20-22,24,27,29-33,35,37-38H2,1-2H3,(H,42,44)(H,45,46,47)/b7-5-,13-11-,19-17-,25-23-,28-26+,36-34+. The van der Waals surface area contributed by atoms with Gasteiger partial charge in [0.25, 0.3) is 10.1 Å². The van der Waals surface area contributed by atoms with Gasteiger partial charge in [0.15, 0.2) is 0 Å². The Morgan fingerprint density at radius 3 is 1.56 bits per heavy atom. The average molecular weight is 690 g/mol. The molecule has 0 saturated carbocycles. The van der Waals surface area contributed by atoms with Gasteiger partial charge < -0.3 is 10.4 Å². The molecule has 2 atom stereocenters. The second-order valence-corrected chi connectivity index (χ2v) is 14.3. The van der Waals surface area contributed by atoms with Crippen LogP contribution in [0.5, 0.6) is 0 Å². The molecule has 0 fully saturated rings. The maximum Gasteiger partial charge on any atom is 0.267 e. The first-order valence-corrected chi connectivity index (χ1v) is 20.7. The lowest BCUT2D eigenvalue weighted by molar-refractivity contribution is -0.122. The summed E-state index contributed by atoms with van der Waals surface area (Å²) in [4.78, 5) is 12.5. The highest BCUT2D eigenvalue weighted by molar-refractivity contribution is 7.85. The van der Waals surface area contributed by atoms with Gasteiger partial charge in [-0.3, -0.25) is 9.35 Å². The van der Waals surface area contributed by atoms with E-state index >= 15 is 0 Å². The van der Waals surface area contributed by atoms with Crippen LogP contribution in [0.15, 0.2) is 72.9 Å². The molecule has 0 saturated heterocycles. The first-order valence-electron chi connectivity index (χ1n) is 19.1. The van der Waals surface area contributed by atoms with Gasteiger partial charge in [-0.15, -0.1) is 0 Å². The molecule has 0 aromatic heterocycles. The van der Waals surface area contributed by atoms with Crippen LogP contribution in [0, 0.1) is 0 Å². The maximum atomic E-state index is 12.5. The normalized spacial score (nSPS) is 14.2. The summed E-state index contributed by atoms with van der Waals surface area (Å²) in [6.07, 6.45) is 48.8. The van der Waals surface area contributed by atoms with Crippen molar-refractivity contribution in [3.05, 3.63) is 72.9 Å². The van der Waals surface area contributed by atoms with Crippen LogP contribution >= 0.6 is 0 Å². The number of carbonyl (C=O) groups is 1. The van der Waals surface area contributed by atoms with E-state index in [1.54, 1.807) is 6.08 Å². The molecule has 0 aromatic rings. The predicted molar refractivity (Wildman–Crippen MR) is 207 cm³/mol. The molecule has 3 N–H and O–H groups in total. The number of amides is 1. The molecule has 6 nitrogen and oxygen atoms in total. The number of aliphatic hydroxyl groups excluding tert-OH is 1. The van der Waals surface area contributed by atoms with E-state index in [0.29, 0.717) is 12.8 Å². The van der Waals surface area contributed by atoms with Gasteiger partial charge in [-0.25, -0.2) is 0 Å². The smallest absolute Gasteiger partial charge is 0.267 e. The lowest BCUT2D eigenvalue weighted by atomic mass is 10.1. The Morgan fingerprint density at radius 2 is 1.02 bits per heavy atom. The Labute approximate surface area is 295 Å². The van der Waals surface area contributed by atoms with Gasteiger partial charge in [0.2, 0.25) is 5.91 Å². The number of hydrogen-bond acceptors (Lipinski definition) is 4. The van der Waals surface area contributed by atoms with Gasteiger partial charge in [-0.05, 0) is 70.6 Å². The van der Waals surface area contributed by atoms with Crippen molar-refractivity contribution in [3.8, 4) is 0 Å². The number of rotatable bonds is 33. The number of allylic oxidation sites excluding steroid dienone is 11. The Bertz CT molecular complexity index is 1030. The second-order valence-electron chi connectivity index (χ2n) is 12.8. The van der Waals surface area contributed by atoms with Gasteiger partial charge >= 0.3 is 0 Å².